The highest BCUT2D eigenvalue weighted by molar-refractivity contribution is 5.80. The van der Waals surface area contributed by atoms with Crippen LogP contribution in [0.15, 0.2) is 36.4 Å². The van der Waals surface area contributed by atoms with E-state index >= 15 is 0 Å². The van der Waals surface area contributed by atoms with E-state index in [0.717, 1.165) is 18.4 Å². The van der Waals surface area contributed by atoms with Crippen LogP contribution < -0.4 is 5.32 Å². The van der Waals surface area contributed by atoms with Crippen LogP contribution in [0.25, 0.3) is 0 Å². The molecule has 0 heterocycles. The number of ether oxygens (including phenoxy) is 1. The summed E-state index contributed by atoms with van der Waals surface area (Å²) in [4.78, 5) is 23.1. The number of rotatable bonds is 6. The molecule has 112 valence electrons. The Labute approximate surface area is 123 Å². The van der Waals surface area contributed by atoms with Gasteiger partial charge in [-0.1, -0.05) is 24.3 Å². The van der Waals surface area contributed by atoms with Crippen molar-refractivity contribution in [2.45, 2.75) is 25.8 Å². The van der Waals surface area contributed by atoms with Crippen LogP contribution >= 0.6 is 0 Å². The predicted molar refractivity (Wildman–Crippen MR) is 75.7 cm³/mol. The van der Waals surface area contributed by atoms with Crippen molar-refractivity contribution in [1.29, 1.82) is 0 Å². The molecule has 5 heteroatoms. The Morgan fingerprint density at radius 1 is 1.29 bits per heavy atom. The maximum absolute atomic E-state index is 12.7. The Kier molecular flexibility index (Phi) is 5.49. The first-order chi connectivity index (χ1) is 10.1. The standard InChI is InChI=1S/C16H18FNO3/c17-14-7-5-13(6-8-14)10-18-15(19)11-21-16(20)9-12-3-1-2-4-12/h1,3,5-8,12H,2,4,9-11H2,(H,18,19)/t12-/m0/s1. The maximum atomic E-state index is 12.7. The van der Waals surface area contributed by atoms with Gasteiger partial charge in [-0.3, -0.25) is 9.59 Å². The minimum absolute atomic E-state index is 0.236. The Morgan fingerprint density at radius 3 is 2.71 bits per heavy atom. The van der Waals surface area contributed by atoms with Gasteiger partial charge >= 0.3 is 5.97 Å². The number of hydrogen-bond donors (Lipinski definition) is 1. The molecule has 1 amide bonds. The summed E-state index contributed by atoms with van der Waals surface area (Å²) in [6.45, 7) is -0.00150. The summed E-state index contributed by atoms with van der Waals surface area (Å²) >= 11 is 0. The molecule has 1 atom stereocenters. The number of allylic oxidation sites excluding steroid dienone is 2. The van der Waals surface area contributed by atoms with E-state index in [2.05, 4.69) is 5.32 Å². The zero-order valence-electron chi connectivity index (χ0n) is 11.7. The molecule has 1 aliphatic rings. The molecule has 1 N–H and O–H groups in total. The van der Waals surface area contributed by atoms with Crippen LogP contribution in [-0.2, 0) is 20.9 Å². The van der Waals surface area contributed by atoms with Gasteiger partial charge in [0.05, 0.1) is 6.42 Å². The second kappa shape index (κ2) is 7.57. The molecule has 0 saturated carbocycles. The van der Waals surface area contributed by atoms with Crippen molar-refractivity contribution in [3.05, 3.63) is 47.8 Å². The van der Waals surface area contributed by atoms with E-state index in [4.69, 9.17) is 4.74 Å². The zero-order valence-corrected chi connectivity index (χ0v) is 11.7. The lowest BCUT2D eigenvalue weighted by atomic mass is 10.1. The third-order valence-electron chi connectivity index (χ3n) is 3.31. The monoisotopic (exact) mass is 291 g/mol. The molecule has 4 nitrogen and oxygen atoms in total. The summed E-state index contributed by atoms with van der Waals surface area (Å²) < 4.78 is 17.6. The Balaban J connectivity index is 1.63. The molecular formula is C16H18FNO3. The molecule has 2 rings (SSSR count). The Hall–Kier alpha value is -2.17. The van der Waals surface area contributed by atoms with Crippen LogP contribution in [-0.4, -0.2) is 18.5 Å². The highest BCUT2D eigenvalue weighted by atomic mass is 19.1. The average molecular weight is 291 g/mol. The van der Waals surface area contributed by atoms with Gasteiger partial charge in [-0.25, -0.2) is 4.39 Å². The van der Waals surface area contributed by atoms with Crippen molar-refractivity contribution >= 4 is 11.9 Å². The van der Waals surface area contributed by atoms with Gasteiger partial charge in [0.1, 0.15) is 5.82 Å². The normalized spacial score (nSPS) is 16.7. The molecule has 21 heavy (non-hydrogen) atoms. The van der Waals surface area contributed by atoms with Gasteiger partial charge in [0.2, 0.25) is 0 Å². The summed E-state index contributed by atoms with van der Waals surface area (Å²) in [5.41, 5.74) is 0.784. The molecule has 1 aromatic carbocycles. The number of amides is 1. The van der Waals surface area contributed by atoms with Gasteiger partial charge in [-0.05, 0) is 36.5 Å². The van der Waals surface area contributed by atoms with Gasteiger partial charge in [0, 0.05) is 6.54 Å². The van der Waals surface area contributed by atoms with Crippen molar-refractivity contribution in [3.63, 3.8) is 0 Å². The number of nitrogens with one attached hydrogen (secondary N) is 1. The van der Waals surface area contributed by atoms with E-state index in [1.165, 1.54) is 12.1 Å². The first kappa shape index (κ1) is 15.2. The Morgan fingerprint density at radius 2 is 2.05 bits per heavy atom. The topological polar surface area (TPSA) is 55.4 Å². The van der Waals surface area contributed by atoms with Gasteiger partial charge in [-0.2, -0.15) is 0 Å². The summed E-state index contributed by atoms with van der Waals surface area (Å²) in [5, 5.41) is 2.61. The fraction of sp³-hybridized carbons (Fsp3) is 0.375. The predicted octanol–water partition coefficient (Wildman–Crippen LogP) is 2.34. The second-order valence-corrected chi connectivity index (χ2v) is 5.03. The van der Waals surface area contributed by atoms with Crippen LogP contribution in [0.2, 0.25) is 0 Å². The van der Waals surface area contributed by atoms with E-state index in [1.54, 1.807) is 12.1 Å². The number of hydrogen-bond acceptors (Lipinski definition) is 3. The first-order valence-corrected chi connectivity index (χ1v) is 6.97. The zero-order chi connectivity index (χ0) is 15.1. The summed E-state index contributed by atoms with van der Waals surface area (Å²) in [6.07, 6.45) is 6.34. The van der Waals surface area contributed by atoms with E-state index < -0.39 is 0 Å². The molecule has 0 spiro atoms. The molecule has 1 aromatic rings. The lowest BCUT2D eigenvalue weighted by molar-refractivity contribution is -0.149. The van der Waals surface area contributed by atoms with Crippen molar-refractivity contribution < 1.29 is 18.7 Å². The minimum atomic E-state index is -0.366. The molecule has 0 radical (unpaired) electrons. The fourth-order valence-electron chi connectivity index (χ4n) is 2.14. The molecule has 0 aromatic heterocycles. The number of carbonyl (C=O) groups is 2. The van der Waals surface area contributed by atoms with Crippen molar-refractivity contribution in [2.24, 2.45) is 5.92 Å². The van der Waals surface area contributed by atoms with Crippen LogP contribution in [0.4, 0.5) is 4.39 Å². The molecular weight excluding hydrogens is 273 g/mol. The third kappa shape index (κ3) is 5.38. The van der Waals surface area contributed by atoms with Crippen molar-refractivity contribution in [1.82, 2.24) is 5.32 Å². The van der Waals surface area contributed by atoms with Crippen LogP contribution in [0, 0.1) is 11.7 Å². The number of halogens is 1. The van der Waals surface area contributed by atoms with Crippen LogP contribution in [0.1, 0.15) is 24.8 Å². The number of esters is 1. The highest BCUT2D eigenvalue weighted by Gasteiger charge is 2.15. The molecule has 0 unspecified atom stereocenters. The SMILES string of the molecule is O=C(COC(=O)C[C@H]1C=CCC1)NCc1ccc(F)cc1. The van der Waals surface area contributed by atoms with E-state index in [1.807, 2.05) is 12.2 Å². The third-order valence-corrected chi connectivity index (χ3v) is 3.31. The molecule has 0 bridgehead atoms. The second-order valence-electron chi connectivity index (χ2n) is 5.03. The van der Waals surface area contributed by atoms with Gasteiger partial charge in [-0.15, -0.1) is 0 Å². The molecule has 0 fully saturated rings. The van der Waals surface area contributed by atoms with Gasteiger partial charge in [0.15, 0.2) is 6.61 Å². The number of benzene rings is 1. The smallest absolute Gasteiger partial charge is 0.306 e. The lowest BCUT2D eigenvalue weighted by Gasteiger charge is -2.09. The van der Waals surface area contributed by atoms with Crippen molar-refractivity contribution in [3.8, 4) is 0 Å². The molecule has 1 aliphatic carbocycles. The van der Waals surface area contributed by atoms with E-state index in [9.17, 15) is 14.0 Å². The lowest BCUT2D eigenvalue weighted by Crippen LogP contribution is -2.28. The minimum Gasteiger partial charge on any atom is -0.456 e. The summed E-state index contributed by atoms with van der Waals surface area (Å²) in [5.74, 6) is -0.808. The van der Waals surface area contributed by atoms with Crippen molar-refractivity contribution in [2.75, 3.05) is 6.61 Å². The Bertz CT molecular complexity index is 525. The van der Waals surface area contributed by atoms with Gasteiger partial charge in [0.25, 0.3) is 5.91 Å². The highest BCUT2D eigenvalue weighted by Crippen LogP contribution is 2.20. The van der Waals surface area contributed by atoms with E-state index in [0.29, 0.717) is 6.42 Å². The molecule has 0 saturated heterocycles. The quantitative estimate of drug-likeness (QED) is 0.646. The van der Waals surface area contributed by atoms with Crippen LogP contribution in [0.3, 0.4) is 0 Å². The maximum Gasteiger partial charge on any atom is 0.306 e. The number of carbonyl (C=O) groups excluding carboxylic acids is 2. The fourth-order valence-corrected chi connectivity index (χ4v) is 2.14. The largest absolute Gasteiger partial charge is 0.456 e. The van der Waals surface area contributed by atoms with Gasteiger partial charge < -0.3 is 10.1 Å². The first-order valence-electron chi connectivity index (χ1n) is 6.97. The summed E-state index contributed by atoms with van der Waals surface area (Å²) in [6, 6.07) is 5.84. The molecule has 0 aliphatic heterocycles. The van der Waals surface area contributed by atoms with E-state index in [-0.39, 0.29) is 36.8 Å². The summed E-state index contributed by atoms with van der Waals surface area (Å²) in [7, 11) is 0. The average Bonchev–Trinajstić information content (AvgIpc) is 2.97. The van der Waals surface area contributed by atoms with Crippen LogP contribution in [0.5, 0.6) is 0 Å².